The molecule has 40 heavy (non-hydrogen) atoms. The zero-order valence-electron chi connectivity index (χ0n) is 22.4. The predicted molar refractivity (Wildman–Crippen MR) is 155 cm³/mol. The largest absolute Gasteiger partial charge is 0.366 e. The lowest BCUT2D eigenvalue weighted by atomic mass is 9.96. The Balaban J connectivity index is 1.75. The SMILES string of the molecule is CCCc1c(C(=O)C(C)C)c2ccc(C(N)=O)cc2n1Cc1ccc(C(=O)NS(=O)(=O)c2ccccc2)cc1Cl. The Labute approximate surface area is 238 Å². The van der Waals surface area contributed by atoms with Crippen molar-refractivity contribution in [3.63, 3.8) is 0 Å². The third-order valence-corrected chi connectivity index (χ3v) is 8.34. The average molecular weight is 580 g/mol. The van der Waals surface area contributed by atoms with Gasteiger partial charge in [0.1, 0.15) is 0 Å². The highest BCUT2D eigenvalue weighted by atomic mass is 35.5. The number of halogens is 1. The fraction of sp³-hybridized carbons (Fsp3) is 0.233. The number of nitrogens with two attached hydrogens (primary N) is 1. The van der Waals surface area contributed by atoms with E-state index in [4.69, 9.17) is 17.3 Å². The van der Waals surface area contributed by atoms with Crippen molar-refractivity contribution in [1.82, 2.24) is 9.29 Å². The highest BCUT2D eigenvalue weighted by Crippen LogP contribution is 2.32. The van der Waals surface area contributed by atoms with Crippen LogP contribution in [0.4, 0.5) is 0 Å². The van der Waals surface area contributed by atoms with Crippen LogP contribution in [0.25, 0.3) is 10.9 Å². The summed E-state index contributed by atoms with van der Waals surface area (Å²) >= 11 is 6.61. The molecule has 4 rings (SSSR count). The monoisotopic (exact) mass is 579 g/mol. The molecule has 1 aromatic heterocycles. The van der Waals surface area contributed by atoms with E-state index in [-0.39, 0.29) is 33.7 Å². The third-order valence-electron chi connectivity index (χ3n) is 6.64. The summed E-state index contributed by atoms with van der Waals surface area (Å²) in [6.45, 7) is 5.96. The smallest absolute Gasteiger partial charge is 0.265 e. The molecule has 0 spiro atoms. The van der Waals surface area contributed by atoms with Crippen LogP contribution in [0.5, 0.6) is 0 Å². The highest BCUT2D eigenvalue weighted by molar-refractivity contribution is 7.90. The second kappa shape index (κ2) is 11.7. The van der Waals surface area contributed by atoms with Gasteiger partial charge in [-0.1, -0.05) is 69.1 Å². The number of nitrogens with zero attached hydrogens (tertiary/aromatic N) is 1. The van der Waals surface area contributed by atoms with Crippen molar-refractivity contribution in [3.05, 3.63) is 99.7 Å². The van der Waals surface area contributed by atoms with Crippen LogP contribution in [0.1, 0.15) is 69.5 Å². The predicted octanol–water partition coefficient (Wildman–Crippen LogP) is 5.35. The van der Waals surface area contributed by atoms with E-state index < -0.39 is 21.8 Å². The Bertz CT molecular complexity index is 1730. The van der Waals surface area contributed by atoms with Crippen LogP contribution >= 0.6 is 11.6 Å². The van der Waals surface area contributed by atoms with Gasteiger partial charge in [-0.25, -0.2) is 13.1 Å². The van der Waals surface area contributed by atoms with Gasteiger partial charge >= 0.3 is 0 Å². The number of carbonyl (C=O) groups is 3. The van der Waals surface area contributed by atoms with E-state index in [0.29, 0.717) is 28.6 Å². The fourth-order valence-electron chi connectivity index (χ4n) is 4.62. The number of primary amides is 1. The summed E-state index contributed by atoms with van der Waals surface area (Å²) in [7, 11) is -4.06. The molecule has 0 unspecified atom stereocenters. The van der Waals surface area contributed by atoms with E-state index in [1.165, 1.54) is 24.3 Å². The van der Waals surface area contributed by atoms with Crippen molar-refractivity contribution < 1.29 is 22.8 Å². The normalized spacial score (nSPS) is 11.6. The molecule has 0 saturated carbocycles. The molecular formula is C30H30ClN3O5S. The summed E-state index contributed by atoms with van der Waals surface area (Å²) < 4.78 is 29.2. The Morgan fingerprint density at radius 3 is 2.25 bits per heavy atom. The van der Waals surface area contributed by atoms with Gasteiger partial charge < -0.3 is 10.3 Å². The Kier molecular flexibility index (Phi) is 8.46. The van der Waals surface area contributed by atoms with Gasteiger partial charge in [0.15, 0.2) is 5.78 Å². The summed E-state index contributed by atoms with van der Waals surface area (Å²) in [5.41, 5.74) is 8.70. The number of ketones is 1. The van der Waals surface area contributed by atoms with Crippen molar-refractivity contribution in [2.75, 3.05) is 0 Å². The molecule has 3 aromatic carbocycles. The molecule has 8 nitrogen and oxygen atoms in total. The molecule has 3 N–H and O–H groups in total. The van der Waals surface area contributed by atoms with E-state index in [0.717, 1.165) is 17.5 Å². The van der Waals surface area contributed by atoms with Crippen LogP contribution in [0.2, 0.25) is 5.02 Å². The number of sulfonamides is 1. The van der Waals surface area contributed by atoms with Crippen LogP contribution in [0, 0.1) is 5.92 Å². The van der Waals surface area contributed by atoms with Crippen LogP contribution < -0.4 is 10.5 Å². The van der Waals surface area contributed by atoms with Gasteiger partial charge in [-0.15, -0.1) is 0 Å². The van der Waals surface area contributed by atoms with Gasteiger partial charge in [-0.2, -0.15) is 0 Å². The molecule has 0 aliphatic rings. The summed E-state index contributed by atoms with van der Waals surface area (Å²) in [5, 5.41) is 0.974. The lowest BCUT2D eigenvalue weighted by Crippen LogP contribution is -2.30. The molecule has 4 aromatic rings. The average Bonchev–Trinajstić information content (AvgIpc) is 3.21. The van der Waals surface area contributed by atoms with E-state index in [9.17, 15) is 22.8 Å². The highest BCUT2D eigenvalue weighted by Gasteiger charge is 2.25. The lowest BCUT2D eigenvalue weighted by Gasteiger charge is -2.14. The minimum absolute atomic E-state index is 0.00299. The molecule has 1 heterocycles. The van der Waals surface area contributed by atoms with Crippen molar-refractivity contribution >= 4 is 50.1 Å². The van der Waals surface area contributed by atoms with Crippen molar-refractivity contribution in [1.29, 1.82) is 0 Å². The maximum atomic E-state index is 13.3. The van der Waals surface area contributed by atoms with E-state index in [2.05, 4.69) is 4.72 Å². The van der Waals surface area contributed by atoms with E-state index in [1.54, 1.807) is 42.5 Å². The lowest BCUT2D eigenvalue weighted by molar-refractivity contribution is 0.0937. The standard InChI is InChI=1S/C30H30ClN3O5S/c1-4-8-25-27(28(35)18(2)3)23-14-13-19(29(32)36)16-26(23)34(25)17-21-12-11-20(15-24(21)31)30(37)33-40(38,39)22-9-6-5-7-10-22/h5-7,9-16,18H,4,8,17H2,1-3H3,(H2,32,36)(H,33,37). The molecule has 0 saturated heterocycles. The van der Waals surface area contributed by atoms with Gasteiger partial charge in [0.2, 0.25) is 5.91 Å². The van der Waals surface area contributed by atoms with Crippen LogP contribution in [0.15, 0.2) is 71.6 Å². The molecule has 0 aliphatic carbocycles. The zero-order chi connectivity index (χ0) is 29.2. The molecule has 10 heteroatoms. The van der Waals surface area contributed by atoms with Gasteiger partial charge in [0, 0.05) is 45.3 Å². The third kappa shape index (κ3) is 5.80. The number of hydrogen-bond acceptors (Lipinski definition) is 5. The summed E-state index contributed by atoms with van der Waals surface area (Å²) in [6, 6.07) is 17.2. The topological polar surface area (TPSA) is 128 Å². The van der Waals surface area contributed by atoms with Crippen molar-refractivity contribution in [3.8, 4) is 0 Å². The first kappa shape index (κ1) is 29.0. The molecule has 0 atom stereocenters. The van der Waals surface area contributed by atoms with E-state index in [1.807, 2.05) is 25.3 Å². The minimum Gasteiger partial charge on any atom is -0.366 e. The first-order valence-electron chi connectivity index (χ1n) is 12.8. The summed E-state index contributed by atoms with van der Waals surface area (Å²) in [4.78, 5) is 38.0. The second-order valence-corrected chi connectivity index (χ2v) is 11.9. The minimum atomic E-state index is -4.06. The molecule has 0 aliphatic heterocycles. The van der Waals surface area contributed by atoms with Gasteiger partial charge in [0.05, 0.1) is 10.4 Å². The number of aromatic nitrogens is 1. The molecule has 2 amide bonds. The Morgan fingerprint density at radius 1 is 0.975 bits per heavy atom. The number of benzene rings is 3. The molecule has 0 bridgehead atoms. The molecule has 208 valence electrons. The Hall–Kier alpha value is -3.95. The number of amides is 2. The van der Waals surface area contributed by atoms with Crippen LogP contribution in [0.3, 0.4) is 0 Å². The van der Waals surface area contributed by atoms with Crippen molar-refractivity contribution in [2.45, 2.75) is 45.1 Å². The Morgan fingerprint density at radius 2 is 1.65 bits per heavy atom. The zero-order valence-corrected chi connectivity index (χ0v) is 24.0. The first-order valence-corrected chi connectivity index (χ1v) is 14.7. The number of hydrogen-bond donors (Lipinski definition) is 2. The first-order chi connectivity index (χ1) is 18.9. The van der Waals surface area contributed by atoms with Crippen LogP contribution in [-0.2, 0) is 23.0 Å². The number of fused-ring (bicyclic) bond motifs is 1. The maximum Gasteiger partial charge on any atom is 0.265 e. The van der Waals surface area contributed by atoms with Crippen LogP contribution in [-0.4, -0.2) is 30.6 Å². The van der Waals surface area contributed by atoms with Crippen molar-refractivity contribution in [2.24, 2.45) is 11.7 Å². The van der Waals surface area contributed by atoms with Gasteiger partial charge in [-0.05, 0) is 48.4 Å². The molecule has 0 radical (unpaired) electrons. The number of Topliss-reactive ketones (excluding diaryl/α,β-unsaturated/α-hetero) is 1. The summed E-state index contributed by atoms with van der Waals surface area (Å²) in [5.74, 6) is -1.63. The quantitative estimate of drug-likeness (QED) is 0.245. The maximum absolute atomic E-state index is 13.3. The fourth-order valence-corrected chi connectivity index (χ4v) is 5.86. The second-order valence-electron chi connectivity index (χ2n) is 9.83. The van der Waals surface area contributed by atoms with Gasteiger partial charge in [0.25, 0.3) is 15.9 Å². The number of nitrogens with one attached hydrogen (secondary N) is 1. The molecular weight excluding hydrogens is 550 g/mol. The number of rotatable bonds is 10. The van der Waals surface area contributed by atoms with Gasteiger partial charge in [-0.3, -0.25) is 14.4 Å². The summed E-state index contributed by atoms with van der Waals surface area (Å²) in [6.07, 6.45) is 1.39. The molecule has 0 fully saturated rings. The van der Waals surface area contributed by atoms with E-state index >= 15 is 0 Å². The number of carbonyl (C=O) groups excluding carboxylic acids is 3.